The number of hydrogen-bond donors (Lipinski definition) is 1. The highest BCUT2D eigenvalue weighted by molar-refractivity contribution is 14.2. The number of alkyl halides is 8. The van der Waals surface area contributed by atoms with Gasteiger partial charge in [0.1, 0.15) is 13.2 Å². The van der Waals surface area contributed by atoms with Gasteiger partial charge < -0.3 is 14.6 Å². The first-order valence-electron chi connectivity index (χ1n) is 4.73. The van der Waals surface area contributed by atoms with E-state index in [1.165, 1.54) is 0 Å². The van der Waals surface area contributed by atoms with E-state index in [1.807, 2.05) is 0 Å². The van der Waals surface area contributed by atoms with E-state index in [9.17, 15) is 35.9 Å². The first kappa shape index (κ1) is 20.9. The number of esters is 2. The molecule has 0 aliphatic carbocycles. The third kappa shape index (κ3) is 5.26. The number of aliphatic hydroxyl groups is 1. The minimum Gasteiger partial charge on any atom is -0.461 e. The molecular weight excluding hydrogens is 544 g/mol. The van der Waals surface area contributed by atoms with Crippen LogP contribution < -0.4 is 0 Å². The Hall–Kier alpha value is -0.0600. The predicted molar refractivity (Wildman–Crippen MR) is 70.8 cm³/mol. The van der Waals surface area contributed by atoms with E-state index >= 15 is 0 Å². The molecule has 0 fully saturated rings. The maximum Gasteiger partial charge on any atom is 0.437 e. The van der Waals surface area contributed by atoms with E-state index in [4.69, 9.17) is 5.11 Å². The molecule has 0 bridgehead atoms. The molecule has 21 heavy (non-hydrogen) atoms. The van der Waals surface area contributed by atoms with Gasteiger partial charge in [0.25, 0.3) is 0 Å². The van der Waals surface area contributed by atoms with Gasteiger partial charge in [-0.3, -0.25) is 4.79 Å². The van der Waals surface area contributed by atoms with Crippen molar-refractivity contribution in [3.05, 3.63) is 0 Å². The summed E-state index contributed by atoms with van der Waals surface area (Å²) in [5, 5.41) is 8.61. The molecule has 0 saturated heterocycles. The molecule has 0 aromatic carbocycles. The second kappa shape index (κ2) is 7.47. The number of rotatable bonds is 5. The normalized spacial score (nSPS) is 13.2. The summed E-state index contributed by atoms with van der Waals surface area (Å²) in [5.74, 6) is -3.76. The van der Waals surface area contributed by atoms with Crippen molar-refractivity contribution in [3.8, 4) is 0 Å². The second-order valence-electron chi connectivity index (χ2n) is 3.31. The molecule has 0 spiro atoms. The second-order valence-corrected chi connectivity index (χ2v) is 8.18. The average molecular weight is 550 g/mol. The van der Waals surface area contributed by atoms with Crippen molar-refractivity contribution in [1.29, 1.82) is 0 Å². The van der Waals surface area contributed by atoms with Gasteiger partial charge in [-0.05, 0) is 0 Å². The molecule has 0 heterocycles. The number of hydrogen-bond acceptors (Lipinski definition) is 5. The molecule has 0 aromatic heterocycles. The smallest absolute Gasteiger partial charge is 0.437 e. The maximum atomic E-state index is 12.2. The van der Waals surface area contributed by atoms with Crippen LogP contribution in [0.4, 0.5) is 26.3 Å². The van der Waals surface area contributed by atoms with Crippen molar-refractivity contribution in [3.63, 3.8) is 0 Å². The Labute approximate surface area is 140 Å². The van der Waals surface area contributed by atoms with Crippen molar-refractivity contribution < 1.29 is 50.5 Å². The van der Waals surface area contributed by atoms with E-state index in [0.29, 0.717) is 0 Å². The Kier molecular flexibility index (Phi) is 7.45. The van der Waals surface area contributed by atoms with Gasteiger partial charge in [-0.1, -0.05) is 45.2 Å². The lowest BCUT2D eigenvalue weighted by Gasteiger charge is -2.29. The first-order valence-corrected chi connectivity index (χ1v) is 7.22. The lowest BCUT2D eigenvalue weighted by Crippen LogP contribution is -2.63. The highest BCUT2D eigenvalue weighted by Gasteiger charge is 2.76. The lowest BCUT2D eigenvalue weighted by molar-refractivity contribution is -0.357. The van der Waals surface area contributed by atoms with Crippen LogP contribution >= 0.6 is 45.2 Å². The highest BCUT2D eigenvalue weighted by atomic mass is 127. The standard InChI is InChI=1S/C8H6F6I2O5/c9-7(10,11)6(19,8(12,13)14)5(18)21-2-1-20-4(17)3(15)16/h3,19H,1-2H2. The predicted octanol–water partition coefficient (Wildman–Crippen LogP) is 2.12. The van der Waals surface area contributed by atoms with E-state index in [2.05, 4.69) is 9.47 Å². The lowest BCUT2D eigenvalue weighted by atomic mass is 10.0. The van der Waals surface area contributed by atoms with E-state index < -0.39 is 45.0 Å². The zero-order valence-electron chi connectivity index (χ0n) is 9.60. The molecule has 0 aromatic rings. The highest BCUT2D eigenvalue weighted by Crippen LogP contribution is 2.43. The van der Waals surface area contributed by atoms with E-state index in [1.54, 1.807) is 45.2 Å². The Morgan fingerprint density at radius 1 is 0.952 bits per heavy atom. The maximum absolute atomic E-state index is 12.2. The third-order valence-corrected chi connectivity index (χ3v) is 2.87. The topological polar surface area (TPSA) is 72.8 Å². The number of carbonyl (C=O) groups is 2. The Balaban J connectivity index is 4.71. The Bertz CT molecular complexity index is 380. The summed E-state index contributed by atoms with van der Waals surface area (Å²) >= 11 is 3.27. The van der Waals surface area contributed by atoms with E-state index in [-0.39, 0.29) is 0 Å². The molecule has 0 amide bonds. The minimum atomic E-state index is -6.31. The largest absolute Gasteiger partial charge is 0.461 e. The van der Waals surface area contributed by atoms with Gasteiger partial charge >= 0.3 is 29.9 Å². The summed E-state index contributed by atoms with van der Waals surface area (Å²) in [4.78, 5) is 21.8. The van der Waals surface area contributed by atoms with Gasteiger partial charge in [0.05, 0.1) is 0 Å². The van der Waals surface area contributed by atoms with Crippen LogP contribution in [0, 0.1) is 0 Å². The fraction of sp³-hybridized carbons (Fsp3) is 0.750. The van der Waals surface area contributed by atoms with Gasteiger partial charge in [-0.15, -0.1) is 0 Å². The van der Waals surface area contributed by atoms with Gasteiger partial charge in [0.2, 0.25) is 0 Å². The van der Waals surface area contributed by atoms with Crippen LogP contribution in [-0.4, -0.2) is 50.1 Å². The van der Waals surface area contributed by atoms with Crippen LogP contribution in [0.15, 0.2) is 0 Å². The molecule has 0 aliphatic heterocycles. The van der Waals surface area contributed by atoms with Gasteiger partial charge in [-0.2, -0.15) is 26.3 Å². The van der Waals surface area contributed by atoms with E-state index in [0.717, 1.165) is 0 Å². The average Bonchev–Trinajstić information content (AvgIpc) is 2.29. The van der Waals surface area contributed by atoms with Gasteiger partial charge in [-0.25, -0.2) is 4.79 Å². The Morgan fingerprint density at radius 2 is 1.33 bits per heavy atom. The van der Waals surface area contributed by atoms with Crippen LogP contribution in [0.1, 0.15) is 0 Å². The summed E-state index contributed by atoms with van der Waals surface area (Å²) in [6.45, 7) is -1.82. The third-order valence-electron chi connectivity index (χ3n) is 1.85. The molecule has 0 unspecified atom stereocenters. The van der Waals surface area contributed by atoms with Crippen LogP contribution in [0.5, 0.6) is 0 Å². The quantitative estimate of drug-likeness (QED) is 0.187. The molecular formula is C8H6F6I2O5. The van der Waals surface area contributed by atoms with Crippen LogP contribution in [0.2, 0.25) is 0 Å². The number of ether oxygens (including phenoxy) is 2. The number of carbonyl (C=O) groups excluding carboxylic acids is 2. The molecule has 0 saturated carbocycles. The Morgan fingerprint density at radius 3 is 1.67 bits per heavy atom. The monoisotopic (exact) mass is 550 g/mol. The summed E-state index contributed by atoms with van der Waals surface area (Å²) in [7, 11) is 0. The zero-order valence-corrected chi connectivity index (χ0v) is 13.9. The van der Waals surface area contributed by atoms with Crippen LogP contribution in [0.3, 0.4) is 0 Å². The van der Waals surface area contributed by atoms with Crippen molar-refractivity contribution >= 4 is 57.1 Å². The fourth-order valence-electron chi connectivity index (χ4n) is 0.836. The molecule has 0 atom stereocenters. The molecule has 1 N–H and O–H groups in total. The molecule has 0 aliphatic rings. The summed E-state index contributed by atoms with van der Waals surface area (Å²) in [6.07, 6.45) is -12.6. The summed E-state index contributed by atoms with van der Waals surface area (Å²) in [6, 6.07) is 0. The molecule has 0 rings (SSSR count). The van der Waals surface area contributed by atoms with Crippen LogP contribution in [-0.2, 0) is 19.1 Å². The van der Waals surface area contributed by atoms with Crippen molar-refractivity contribution in [1.82, 2.24) is 0 Å². The van der Waals surface area contributed by atoms with Crippen molar-refractivity contribution in [2.45, 2.75) is 19.9 Å². The molecule has 124 valence electrons. The molecule has 13 heteroatoms. The number of halogens is 8. The fourth-order valence-corrected chi connectivity index (χ4v) is 1.20. The summed E-state index contributed by atoms with van der Waals surface area (Å²) < 4.78 is 80.8. The molecule has 0 radical (unpaired) electrons. The van der Waals surface area contributed by atoms with Crippen molar-refractivity contribution in [2.75, 3.05) is 13.2 Å². The molecule has 5 nitrogen and oxygen atoms in total. The summed E-state index contributed by atoms with van der Waals surface area (Å²) in [5.41, 5.74) is -5.64. The zero-order chi connectivity index (χ0) is 17.1. The van der Waals surface area contributed by atoms with Crippen molar-refractivity contribution in [2.24, 2.45) is 0 Å². The SMILES string of the molecule is O=C(OCCOC(=O)C(O)(C(F)(F)F)C(F)(F)F)C(I)I. The van der Waals surface area contributed by atoms with Crippen LogP contribution in [0.25, 0.3) is 0 Å². The minimum absolute atomic E-state index is 0.641. The van der Waals surface area contributed by atoms with Gasteiger partial charge in [0, 0.05) is 0 Å². The van der Waals surface area contributed by atoms with Gasteiger partial charge in [0.15, 0.2) is 1.93 Å². The first-order chi connectivity index (χ1) is 9.25.